The van der Waals surface area contributed by atoms with Crippen molar-refractivity contribution in [1.29, 1.82) is 0 Å². The van der Waals surface area contributed by atoms with Crippen LogP contribution in [0.15, 0.2) is 6.33 Å². The van der Waals surface area contributed by atoms with E-state index in [0.717, 1.165) is 5.69 Å². The van der Waals surface area contributed by atoms with Gasteiger partial charge in [-0.05, 0) is 14.1 Å². The lowest BCUT2D eigenvalue weighted by molar-refractivity contribution is 0.301. The van der Waals surface area contributed by atoms with Gasteiger partial charge in [-0.15, -0.1) is 0 Å². The van der Waals surface area contributed by atoms with Gasteiger partial charge in [0.05, 0.1) is 18.1 Å². The maximum atomic E-state index is 6.04. The standard InChI is InChI=1S/C8H15ClN4/c1-12(2)6(4-10)7-8(9)13(3)5-11-7/h5-6H,4,10H2,1-3H3. The van der Waals surface area contributed by atoms with Gasteiger partial charge in [-0.25, -0.2) is 4.98 Å². The molecule has 0 fully saturated rings. The number of likely N-dealkylation sites (N-methyl/N-ethyl adjacent to an activating group) is 1. The van der Waals surface area contributed by atoms with Gasteiger partial charge in [-0.2, -0.15) is 0 Å². The van der Waals surface area contributed by atoms with E-state index in [1.165, 1.54) is 0 Å². The molecule has 0 spiro atoms. The van der Waals surface area contributed by atoms with Crippen molar-refractivity contribution in [1.82, 2.24) is 14.5 Å². The maximum Gasteiger partial charge on any atom is 0.133 e. The zero-order valence-electron chi connectivity index (χ0n) is 8.16. The van der Waals surface area contributed by atoms with E-state index < -0.39 is 0 Å². The number of halogens is 1. The minimum atomic E-state index is 0.0914. The third-order valence-corrected chi connectivity index (χ3v) is 2.51. The SMILES string of the molecule is CN(C)C(CN)c1ncn(C)c1Cl. The zero-order valence-corrected chi connectivity index (χ0v) is 8.91. The fourth-order valence-corrected chi connectivity index (χ4v) is 1.44. The molecule has 13 heavy (non-hydrogen) atoms. The third-order valence-electron chi connectivity index (χ3n) is 2.05. The highest BCUT2D eigenvalue weighted by Crippen LogP contribution is 2.22. The Hall–Kier alpha value is -0.580. The van der Waals surface area contributed by atoms with E-state index in [1.807, 2.05) is 26.0 Å². The zero-order chi connectivity index (χ0) is 10.0. The van der Waals surface area contributed by atoms with Gasteiger partial charge < -0.3 is 10.3 Å². The summed E-state index contributed by atoms with van der Waals surface area (Å²) in [5.41, 5.74) is 6.48. The van der Waals surface area contributed by atoms with Gasteiger partial charge in [0.2, 0.25) is 0 Å². The molecule has 0 aliphatic rings. The molecule has 0 radical (unpaired) electrons. The average molecular weight is 203 g/mol. The van der Waals surface area contributed by atoms with Crippen LogP contribution in [0.1, 0.15) is 11.7 Å². The van der Waals surface area contributed by atoms with Crippen LogP contribution in [0.5, 0.6) is 0 Å². The Balaban J connectivity index is 2.98. The van der Waals surface area contributed by atoms with Gasteiger partial charge in [0.1, 0.15) is 5.15 Å². The highest BCUT2D eigenvalue weighted by Gasteiger charge is 2.18. The van der Waals surface area contributed by atoms with Crippen molar-refractivity contribution in [3.63, 3.8) is 0 Å². The molecule has 1 rings (SSSR count). The van der Waals surface area contributed by atoms with E-state index >= 15 is 0 Å². The molecule has 1 aromatic rings. The summed E-state index contributed by atoms with van der Waals surface area (Å²) >= 11 is 6.04. The van der Waals surface area contributed by atoms with Crippen molar-refractivity contribution in [3.05, 3.63) is 17.2 Å². The Morgan fingerprint density at radius 2 is 2.31 bits per heavy atom. The van der Waals surface area contributed by atoms with E-state index in [-0.39, 0.29) is 6.04 Å². The Labute approximate surface area is 83.3 Å². The second-order valence-electron chi connectivity index (χ2n) is 3.25. The second-order valence-corrected chi connectivity index (χ2v) is 3.60. The van der Waals surface area contributed by atoms with Gasteiger partial charge in [0.15, 0.2) is 0 Å². The second kappa shape index (κ2) is 4.09. The number of hydrogen-bond donors (Lipinski definition) is 1. The monoisotopic (exact) mass is 202 g/mol. The van der Waals surface area contributed by atoms with Crippen LogP contribution in [0.2, 0.25) is 5.15 Å². The van der Waals surface area contributed by atoms with Crippen molar-refractivity contribution in [2.24, 2.45) is 12.8 Å². The highest BCUT2D eigenvalue weighted by molar-refractivity contribution is 6.30. The van der Waals surface area contributed by atoms with Crippen molar-refractivity contribution in [2.45, 2.75) is 6.04 Å². The summed E-state index contributed by atoms with van der Waals surface area (Å²) in [5.74, 6) is 0. The molecule has 5 heteroatoms. The number of aryl methyl sites for hydroxylation is 1. The summed E-state index contributed by atoms with van der Waals surface area (Å²) in [7, 11) is 5.78. The third kappa shape index (κ3) is 2.02. The highest BCUT2D eigenvalue weighted by atomic mass is 35.5. The van der Waals surface area contributed by atoms with Gasteiger partial charge >= 0.3 is 0 Å². The van der Waals surface area contributed by atoms with E-state index in [0.29, 0.717) is 11.7 Å². The summed E-state index contributed by atoms with van der Waals surface area (Å²) in [5, 5.41) is 0.657. The normalized spacial score (nSPS) is 13.7. The van der Waals surface area contributed by atoms with Crippen LogP contribution in [0.3, 0.4) is 0 Å². The van der Waals surface area contributed by atoms with Crippen LogP contribution >= 0.6 is 11.6 Å². The number of hydrogen-bond acceptors (Lipinski definition) is 3. The van der Waals surface area contributed by atoms with E-state index in [2.05, 4.69) is 4.98 Å². The molecular formula is C8H15ClN4. The lowest BCUT2D eigenvalue weighted by Gasteiger charge is -2.20. The quantitative estimate of drug-likeness (QED) is 0.783. The first-order valence-electron chi connectivity index (χ1n) is 4.11. The van der Waals surface area contributed by atoms with Gasteiger partial charge in [-0.1, -0.05) is 11.6 Å². The molecule has 0 saturated heterocycles. The largest absolute Gasteiger partial charge is 0.329 e. The first-order valence-corrected chi connectivity index (χ1v) is 4.49. The Morgan fingerprint density at radius 3 is 2.62 bits per heavy atom. The number of nitrogens with zero attached hydrogens (tertiary/aromatic N) is 3. The van der Waals surface area contributed by atoms with Crippen LogP contribution in [0.4, 0.5) is 0 Å². The van der Waals surface area contributed by atoms with Gasteiger partial charge in [-0.3, -0.25) is 4.90 Å². The minimum absolute atomic E-state index is 0.0914. The minimum Gasteiger partial charge on any atom is -0.329 e. The lowest BCUT2D eigenvalue weighted by atomic mass is 10.2. The molecule has 1 atom stereocenters. The summed E-state index contributed by atoms with van der Waals surface area (Å²) in [6.07, 6.45) is 1.70. The summed E-state index contributed by atoms with van der Waals surface area (Å²) in [6.45, 7) is 0.518. The van der Waals surface area contributed by atoms with Gasteiger partial charge in [0.25, 0.3) is 0 Å². The topological polar surface area (TPSA) is 47.1 Å². The molecule has 0 bridgehead atoms. The number of nitrogens with two attached hydrogens (primary N) is 1. The fourth-order valence-electron chi connectivity index (χ4n) is 1.22. The van der Waals surface area contributed by atoms with Crippen molar-refractivity contribution < 1.29 is 0 Å². The molecular weight excluding hydrogens is 188 g/mol. The van der Waals surface area contributed by atoms with Crippen molar-refractivity contribution >= 4 is 11.6 Å². The molecule has 4 nitrogen and oxygen atoms in total. The number of imidazole rings is 1. The Kier molecular flexibility index (Phi) is 3.30. The van der Waals surface area contributed by atoms with E-state index in [4.69, 9.17) is 17.3 Å². The lowest BCUT2D eigenvalue weighted by Crippen LogP contribution is -2.27. The molecule has 0 aliphatic carbocycles. The van der Waals surface area contributed by atoms with Gasteiger partial charge in [0, 0.05) is 13.6 Å². The van der Waals surface area contributed by atoms with Crippen LogP contribution in [-0.2, 0) is 7.05 Å². The molecule has 1 heterocycles. The van der Waals surface area contributed by atoms with Crippen LogP contribution < -0.4 is 5.73 Å². The summed E-state index contributed by atoms with van der Waals surface area (Å²) in [4.78, 5) is 6.23. The molecule has 1 aromatic heterocycles. The molecule has 0 saturated carbocycles. The smallest absolute Gasteiger partial charge is 0.133 e. The predicted octanol–water partition coefficient (Wildman–Crippen LogP) is 0.635. The Bertz CT molecular complexity index is 282. The molecule has 74 valence electrons. The average Bonchev–Trinajstić information content (AvgIpc) is 2.37. The molecule has 0 aliphatic heterocycles. The fraction of sp³-hybridized carbons (Fsp3) is 0.625. The molecule has 0 aromatic carbocycles. The predicted molar refractivity (Wildman–Crippen MR) is 53.7 cm³/mol. The molecule has 0 amide bonds. The first-order chi connectivity index (χ1) is 6.07. The van der Waals surface area contributed by atoms with E-state index in [9.17, 15) is 0 Å². The molecule has 1 unspecified atom stereocenters. The van der Waals surface area contributed by atoms with E-state index in [1.54, 1.807) is 10.9 Å². The maximum absolute atomic E-state index is 6.04. The van der Waals surface area contributed by atoms with Crippen LogP contribution in [0, 0.1) is 0 Å². The summed E-state index contributed by atoms with van der Waals surface area (Å²) < 4.78 is 1.78. The van der Waals surface area contributed by atoms with Crippen molar-refractivity contribution in [3.8, 4) is 0 Å². The number of aromatic nitrogens is 2. The first kappa shape index (κ1) is 10.5. The van der Waals surface area contributed by atoms with Crippen LogP contribution in [-0.4, -0.2) is 35.1 Å². The summed E-state index contributed by atoms with van der Waals surface area (Å²) in [6, 6.07) is 0.0914. The van der Waals surface area contributed by atoms with Crippen molar-refractivity contribution in [2.75, 3.05) is 20.6 Å². The van der Waals surface area contributed by atoms with Crippen LogP contribution in [0.25, 0.3) is 0 Å². The number of rotatable bonds is 3. The molecule has 2 N–H and O–H groups in total. The Morgan fingerprint density at radius 1 is 1.69 bits per heavy atom.